The standard InChI is InChI=1S/C11H23NO3/c1-4-7-12(8-9-13)10(5-2)11(14)15-6-3/h10,13H,4-9H2,1-3H3. The summed E-state index contributed by atoms with van der Waals surface area (Å²) in [5, 5.41) is 8.93. The lowest BCUT2D eigenvalue weighted by molar-refractivity contribution is -0.149. The van der Waals surface area contributed by atoms with Gasteiger partial charge in [0.1, 0.15) is 6.04 Å². The molecule has 1 unspecified atom stereocenters. The van der Waals surface area contributed by atoms with Gasteiger partial charge in [0.25, 0.3) is 0 Å². The van der Waals surface area contributed by atoms with Gasteiger partial charge in [0.05, 0.1) is 13.2 Å². The Morgan fingerprint density at radius 3 is 2.40 bits per heavy atom. The molecule has 1 N–H and O–H groups in total. The lowest BCUT2D eigenvalue weighted by Crippen LogP contribution is -2.43. The highest BCUT2D eigenvalue weighted by atomic mass is 16.5. The SMILES string of the molecule is CCCN(CCO)C(CC)C(=O)OCC. The number of carbonyl (C=O) groups is 1. The summed E-state index contributed by atoms with van der Waals surface area (Å²) in [6.07, 6.45) is 1.69. The molecule has 4 nitrogen and oxygen atoms in total. The molecule has 0 saturated heterocycles. The average molecular weight is 217 g/mol. The van der Waals surface area contributed by atoms with Crippen molar-refractivity contribution in [3.63, 3.8) is 0 Å². The first-order valence-corrected chi connectivity index (χ1v) is 5.72. The van der Waals surface area contributed by atoms with E-state index in [-0.39, 0.29) is 18.6 Å². The van der Waals surface area contributed by atoms with Gasteiger partial charge in [-0.2, -0.15) is 0 Å². The highest BCUT2D eigenvalue weighted by Crippen LogP contribution is 2.07. The number of nitrogens with zero attached hydrogens (tertiary/aromatic N) is 1. The van der Waals surface area contributed by atoms with E-state index in [4.69, 9.17) is 9.84 Å². The summed E-state index contributed by atoms with van der Waals surface area (Å²) in [6.45, 7) is 7.66. The van der Waals surface area contributed by atoms with Gasteiger partial charge in [-0.25, -0.2) is 0 Å². The predicted molar refractivity (Wildman–Crippen MR) is 59.7 cm³/mol. The second kappa shape index (κ2) is 8.68. The first-order valence-electron chi connectivity index (χ1n) is 5.72. The molecule has 0 aromatic heterocycles. The lowest BCUT2D eigenvalue weighted by Gasteiger charge is -2.28. The summed E-state index contributed by atoms with van der Waals surface area (Å²) < 4.78 is 5.01. The number of rotatable bonds is 8. The Balaban J connectivity index is 4.35. The third-order valence-electron chi connectivity index (χ3n) is 2.28. The number of esters is 1. The summed E-state index contributed by atoms with van der Waals surface area (Å²) in [5.74, 6) is -0.179. The number of carbonyl (C=O) groups excluding carboxylic acids is 1. The molecule has 0 fully saturated rings. The van der Waals surface area contributed by atoms with Gasteiger partial charge in [-0.05, 0) is 26.3 Å². The second-order valence-electron chi connectivity index (χ2n) is 3.44. The second-order valence-corrected chi connectivity index (χ2v) is 3.44. The maximum absolute atomic E-state index is 11.6. The van der Waals surface area contributed by atoms with Crippen LogP contribution >= 0.6 is 0 Å². The van der Waals surface area contributed by atoms with E-state index in [0.717, 1.165) is 19.4 Å². The molecule has 0 amide bonds. The third kappa shape index (κ3) is 5.14. The number of aliphatic hydroxyl groups is 1. The van der Waals surface area contributed by atoms with Crippen LogP contribution < -0.4 is 0 Å². The first kappa shape index (κ1) is 14.4. The van der Waals surface area contributed by atoms with Gasteiger partial charge < -0.3 is 9.84 Å². The molecular formula is C11H23NO3. The van der Waals surface area contributed by atoms with Crippen LogP contribution in [0.4, 0.5) is 0 Å². The average Bonchev–Trinajstić information content (AvgIpc) is 2.20. The van der Waals surface area contributed by atoms with Crippen molar-refractivity contribution in [1.29, 1.82) is 0 Å². The van der Waals surface area contributed by atoms with Crippen molar-refractivity contribution in [3.8, 4) is 0 Å². The summed E-state index contributed by atoms with van der Waals surface area (Å²) in [5.41, 5.74) is 0. The smallest absolute Gasteiger partial charge is 0.323 e. The zero-order chi connectivity index (χ0) is 11.7. The van der Waals surface area contributed by atoms with Crippen LogP contribution in [0.5, 0.6) is 0 Å². The maximum atomic E-state index is 11.6. The summed E-state index contributed by atoms with van der Waals surface area (Å²) in [4.78, 5) is 13.6. The van der Waals surface area contributed by atoms with Gasteiger partial charge in [0.15, 0.2) is 0 Å². The van der Waals surface area contributed by atoms with Gasteiger partial charge in [0, 0.05) is 6.54 Å². The molecule has 0 heterocycles. The zero-order valence-corrected chi connectivity index (χ0v) is 10.0. The normalized spacial score (nSPS) is 12.9. The maximum Gasteiger partial charge on any atom is 0.323 e. The highest BCUT2D eigenvalue weighted by Gasteiger charge is 2.24. The lowest BCUT2D eigenvalue weighted by atomic mass is 10.2. The van der Waals surface area contributed by atoms with E-state index in [9.17, 15) is 4.79 Å². The van der Waals surface area contributed by atoms with Crippen LogP contribution in [0, 0.1) is 0 Å². The van der Waals surface area contributed by atoms with E-state index < -0.39 is 0 Å². The Kier molecular flexibility index (Phi) is 8.33. The quantitative estimate of drug-likeness (QED) is 0.617. The molecule has 0 aromatic rings. The van der Waals surface area contributed by atoms with Crippen molar-refractivity contribution >= 4 is 5.97 Å². The fourth-order valence-corrected chi connectivity index (χ4v) is 1.65. The Morgan fingerprint density at radius 1 is 1.33 bits per heavy atom. The minimum atomic E-state index is -0.211. The first-order chi connectivity index (χ1) is 7.21. The Bertz CT molecular complexity index is 167. The summed E-state index contributed by atoms with van der Waals surface area (Å²) >= 11 is 0. The van der Waals surface area contributed by atoms with Gasteiger partial charge >= 0.3 is 5.97 Å². The van der Waals surface area contributed by atoms with Gasteiger partial charge in [0.2, 0.25) is 0 Å². The topological polar surface area (TPSA) is 49.8 Å². The van der Waals surface area contributed by atoms with Gasteiger partial charge in [-0.15, -0.1) is 0 Å². The van der Waals surface area contributed by atoms with Crippen molar-refractivity contribution in [3.05, 3.63) is 0 Å². The molecule has 15 heavy (non-hydrogen) atoms. The molecule has 0 rings (SSSR count). The van der Waals surface area contributed by atoms with E-state index in [2.05, 4.69) is 6.92 Å². The molecule has 0 aliphatic heterocycles. The Morgan fingerprint density at radius 2 is 2.00 bits per heavy atom. The van der Waals surface area contributed by atoms with Crippen molar-refractivity contribution in [2.75, 3.05) is 26.3 Å². The molecule has 0 spiro atoms. The number of ether oxygens (including phenoxy) is 1. The molecular weight excluding hydrogens is 194 g/mol. The predicted octanol–water partition coefficient (Wildman–Crippen LogP) is 1.03. The fraction of sp³-hybridized carbons (Fsp3) is 0.909. The molecule has 0 saturated carbocycles. The third-order valence-corrected chi connectivity index (χ3v) is 2.28. The van der Waals surface area contributed by atoms with Crippen LogP contribution in [0.25, 0.3) is 0 Å². The highest BCUT2D eigenvalue weighted by molar-refractivity contribution is 5.75. The van der Waals surface area contributed by atoms with E-state index in [1.54, 1.807) is 6.92 Å². The molecule has 0 aromatic carbocycles. The fourth-order valence-electron chi connectivity index (χ4n) is 1.65. The van der Waals surface area contributed by atoms with Crippen LogP contribution in [0.2, 0.25) is 0 Å². The molecule has 0 aliphatic carbocycles. The van der Waals surface area contributed by atoms with Crippen molar-refractivity contribution in [2.45, 2.75) is 39.7 Å². The van der Waals surface area contributed by atoms with Crippen LogP contribution in [-0.4, -0.2) is 48.3 Å². The van der Waals surface area contributed by atoms with E-state index >= 15 is 0 Å². The van der Waals surface area contributed by atoms with Crippen LogP contribution in [0.1, 0.15) is 33.6 Å². The Labute approximate surface area is 92.2 Å². The Hall–Kier alpha value is -0.610. The van der Waals surface area contributed by atoms with Crippen molar-refractivity contribution in [2.24, 2.45) is 0 Å². The number of hydrogen-bond acceptors (Lipinski definition) is 4. The minimum Gasteiger partial charge on any atom is -0.465 e. The molecule has 90 valence electrons. The van der Waals surface area contributed by atoms with E-state index in [1.165, 1.54) is 0 Å². The van der Waals surface area contributed by atoms with Crippen LogP contribution in [-0.2, 0) is 9.53 Å². The van der Waals surface area contributed by atoms with E-state index in [1.807, 2.05) is 11.8 Å². The minimum absolute atomic E-state index is 0.0793. The van der Waals surface area contributed by atoms with Crippen LogP contribution in [0.15, 0.2) is 0 Å². The summed E-state index contributed by atoms with van der Waals surface area (Å²) in [6, 6.07) is -0.211. The summed E-state index contributed by atoms with van der Waals surface area (Å²) in [7, 11) is 0. The van der Waals surface area contributed by atoms with Crippen molar-refractivity contribution < 1.29 is 14.6 Å². The van der Waals surface area contributed by atoms with Crippen LogP contribution in [0.3, 0.4) is 0 Å². The van der Waals surface area contributed by atoms with E-state index in [0.29, 0.717) is 13.2 Å². The number of hydrogen-bond donors (Lipinski definition) is 1. The molecule has 0 aliphatic rings. The van der Waals surface area contributed by atoms with Gasteiger partial charge in [-0.3, -0.25) is 9.69 Å². The largest absolute Gasteiger partial charge is 0.465 e. The van der Waals surface area contributed by atoms with Gasteiger partial charge in [-0.1, -0.05) is 13.8 Å². The molecule has 0 radical (unpaired) electrons. The number of aliphatic hydroxyl groups excluding tert-OH is 1. The molecule has 4 heteroatoms. The zero-order valence-electron chi connectivity index (χ0n) is 10.0. The molecule has 1 atom stereocenters. The van der Waals surface area contributed by atoms with Crippen molar-refractivity contribution in [1.82, 2.24) is 4.90 Å². The monoisotopic (exact) mass is 217 g/mol. The molecule has 0 bridgehead atoms.